The van der Waals surface area contributed by atoms with Crippen LogP contribution in [-0.2, 0) is 0 Å². The van der Waals surface area contributed by atoms with Crippen molar-refractivity contribution in [2.45, 2.75) is 0 Å². The van der Waals surface area contributed by atoms with Gasteiger partial charge in [0.1, 0.15) is 5.82 Å². The zero-order valence-corrected chi connectivity index (χ0v) is 6.71. The molecule has 0 saturated carbocycles. The largest absolute Gasteiger partial charge is 0.329 e. The average Bonchev–Trinajstić information content (AvgIpc) is 2.46. The van der Waals surface area contributed by atoms with Crippen LogP contribution in [0.1, 0.15) is 0 Å². The molecule has 0 unspecified atom stereocenters. The van der Waals surface area contributed by atoms with E-state index < -0.39 is 0 Å². The number of halogens is 1. The minimum Gasteiger partial charge on any atom is -0.329 e. The van der Waals surface area contributed by atoms with Crippen LogP contribution in [0.25, 0.3) is 10.8 Å². The lowest BCUT2D eigenvalue weighted by atomic mass is 10.2. The average molecular weight is 164 g/mol. The maximum absolute atomic E-state index is 12.7. The minimum atomic E-state index is -0.198. The fourth-order valence-corrected chi connectivity index (χ4v) is 1.24. The van der Waals surface area contributed by atoms with E-state index in [1.807, 2.05) is 19.4 Å². The number of benzene rings is 1. The molecule has 0 amide bonds. The van der Waals surface area contributed by atoms with Crippen molar-refractivity contribution < 1.29 is 4.39 Å². The van der Waals surface area contributed by atoms with Crippen molar-refractivity contribution in [3.8, 4) is 0 Å². The predicted molar refractivity (Wildman–Crippen MR) is 47.2 cm³/mol. The number of nitrogens with one attached hydrogen (secondary N) is 1. The lowest BCUT2D eigenvalue weighted by molar-refractivity contribution is 0.630. The van der Waals surface area contributed by atoms with Gasteiger partial charge in [0.05, 0.1) is 0 Å². The van der Waals surface area contributed by atoms with Crippen molar-refractivity contribution in [1.29, 1.82) is 0 Å². The van der Waals surface area contributed by atoms with Crippen molar-refractivity contribution in [3.63, 3.8) is 0 Å². The maximum Gasteiger partial charge on any atom is 0.123 e. The summed E-state index contributed by atoms with van der Waals surface area (Å²) in [5, 5.41) is 1.94. The minimum absolute atomic E-state index is 0.198. The lowest BCUT2D eigenvalue weighted by Gasteiger charge is -1.95. The summed E-state index contributed by atoms with van der Waals surface area (Å²) in [6, 6.07) is 4.74. The Balaban J connectivity index is 2.67. The second-order valence-electron chi connectivity index (χ2n) is 2.66. The molecule has 0 bridgehead atoms. The molecule has 1 aromatic carbocycles. The molecule has 62 valence electrons. The molecule has 2 rings (SSSR count). The zero-order chi connectivity index (χ0) is 8.55. The number of aromatic nitrogens is 1. The van der Waals surface area contributed by atoms with Crippen LogP contribution in [0.15, 0.2) is 30.6 Å². The second kappa shape index (κ2) is 2.52. The smallest absolute Gasteiger partial charge is 0.123 e. The van der Waals surface area contributed by atoms with Crippen molar-refractivity contribution in [3.05, 3.63) is 36.4 Å². The van der Waals surface area contributed by atoms with E-state index in [-0.39, 0.29) is 5.82 Å². The van der Waals surface area contributed by atoms with E-state index in [0.29, 0.717) is 0 Å². The normalized spacial score (nSPS) is 10.5. The second-order valence-corrected chi connectivity index (χ2v) is 2.66. The Morgan fingerprint density at radius 3 is 2.75 bits per heavy atom. The van der Waals surface area contributed by atoms with Crippen molar-refractivity contribution in [2.24, 2.45) is 0 Å². The first-order valence-corrected chi connectivity index (χ1v) is 3.74. The summed E-state index contributed by atoms with van der Waals surface area (Å²) < 4.78 is 14.5. The molecule has 1 heterocycles. The van der Waals surface area contributed by atoms with Crippen LogP contribution >= 0.6 is 0 Å². The molecular weight excluding hydrogens is 155 g/mol. The van der Waals surface area contributed by atoms with Crippen LogP contribution in [0.5, 0.6) is 0 Å². The monoisotopic (exact) mass is 164 g/mol. The van der Waals surface area contributed by atoms with Gasteiger partial charge in [0, 0.05) is 30.2 Å². The van der Waals surface area contributed by atoms with Crippen LogP contribution in [-0.4, -0.2) is 11.7 Å². The standard InChI is InChI=1S/C9H9FN2/c1-11-12-5-7-2-3-9(10)4-8(7)6-12/h2-6,11H,1H3. The van der Waals surface area contributed by atoms with E-state index in [9.17, 15) is 4.39 Å². The molecule has 0 spiro atoms. The summed E-state index contributed by atoms with van der Waals surface area (Å²) in [6.45, 7) is 0. The molecule has 0 saturated heterocycles. The lowest BCUT2D eigenvalue weighted by Crippen LogP contribution is -2.03. The highest BCUT2D eigenvalue weighted by molar-refractivity contribution is 5.82. The third-order valence-corrected chi connectivity index (χ3v) is 1.86. The summed E-state index contributed by atoms with van der Waals surface area (Å²) in [4.78, 5) is 0. The van der Waals surface area contributed by atoms with Gasteiger partial charge in [-0.15, -0.1) is 0 Å². The molecule has 2 aromatic rings. The molecule has 12 heavy (non-hydrogen) atoms. The fraction of sp³-hybridized carbons (Fsp3) is 0.111. The molecule has 0 radical (unpaired) electrons. The van der Waals surface area contributed by atoms with Gasteiger partial charge in [-0.2, -0.15) is 0 Å². The Labute approximate surface area is 69.6 Å². The van der Waals surface area contributed by atoms with Gasteiger partial charge in [0.25, 0.3) is 0 Å². The van der Waals surface area contributed by atoms with Gasteiger partial charge in [-0.05, 0) is 18.2 Å². The van der Waals surface area contributed by atoms with Crippen LogP contribution < -0.4 is 5.43 Å². The highest BCUT2D eigenvalue weighted by Crippen LogP contribution is 2.15. The maximum atomic E-state index is 12.7. The third-order valence-electron chi connectivity index (χ3n) is 1.86. The zero-order valence-electron chi connectivity index (χ0n) is 6.71. The van der Waals surface area contributed by atoms with Crippen LogP contribution in [0.2, 0.25) is 0 Å². The van der Waals surface area contributed by atoms with Crippen molar-refractivity contribution in [2.75, 3.05) is 12.5 Å². The molecular formula is C9H9FN2. The van der Waals surface area contributed by atoms with E-state index in [1.165, 1.54) is 12.1 Å². The van der Waals surface area contributed by atoms with Crippen LogP contribution in [0, 0.1) is 5.82 Å². The van der Waals surface area contributed by atoms with Gasteiger partial charge in [-0.3, -0.25) is 4.68 Å². The Morgan fingerprint density at radius 2 is 2.00 bits per heavy atom. The molecule has 1 N–H and O–H groups in total. The number of rotatable bonds is 1. The van der Waals surface area contributed by atoms with Gasteiger partial charge in [0.2, 0.25) is 0 Å². The van der Waals surface area contributed by atoms with Crippen LogP contribution in [0.3, 0.4) is 0 Å². The summed E-state index contributed by atoms with van der Waals surface area (Å²) in [7, 11) is 1.81. The highest BCUT2D eigenvalue weighted by Gasteiger charge is 1.97. The topological polar surface area (TPSA) is 17.0 Å². The van der Waals surface area contributed by atoms with Gasteiger partial charge >= 0.3 is 0 Å². The first kappa shape index (κ1) is 7.16. The SMILES string of the molecule is CNn1cc2ccc(F)cc2c1. The van der Waals surface area contributed by atoms with E-state index >= 15 is 0 Å². The van der Waals surface area contributed by atoms with E-state index in [0.717, 1.165) is 10.8 Å². The number of hydrogen-bond acceptors (Lipinski definition) is 1. The van der Waals surface area contributed by atoms with Crippen molar-refractivity contribution >= 4 is 10.8 Å². The molecule has 0 atom stereocenters. The predicted octanol–water partition coefficient (Wildman–Crippen LogP) is 1.95. The van der Waals surface area contributed by atoms with Crippen LogP contribution in [0.4, 0.5) is 4.39 Å². The first-order valence-electron chi connectivity index (χ1n) is 3.74. The number of hydrogen-bond donors (Lipinski definition) is 1. The van der Waals surface area contributed by atoms with Gasteiger partial charge in [0.15, 0.2) is 0 Å². The molecule has 2 nitrogen and oxygen atoms in total. The van der Waals surface area contributed by atoms with E-state index in [2.05, 4.69) is 5.43 Å². The summed E-state index contributed by atoms with van der Waals surface area (Å²) in [5.74, 6) is -0.198. The summed E-state index contributed by atoms with van der Waals surface area (Å²) in [6.07, 6.45) is 3.76. The quantitative estimate of drug-likeness (QED) is 0.681. The summed E-state index contributed by atoms with van der Waals surface area (Å²) in [5.41, 5.74) is 2.93. The number of fused-ring (bicyclic) bond motifs is 1. The van der Waals surface area contributed by atoms with Gasteiger partial charge in [-0.1, -0.05) is 0 Å². The van der Waals surface area contributed by atoms with Crippen molar-refractivity contribution in [1.82, 2.24) is 4.68 Å². The van der Waals surface area contributed by atoms with Gasteiger partial charge in [-0.25, -0.2) is 4.39 Å². The molecule has 0 fully saturated rings. The number of nitrogens with zero attached hydrogens (tertiary/aromatic N) is 1. The Kier molecular flexibility index (Phi) is 1.50. The highest BCUT2D eigenvalue weighted by atomic mass is 19.1. The summed E-state index contributed by atoms with van der Waals surface area (Å²) >= 11 is 0. The Bertz CT molecular complexity index is 406. The molecule has 0 aliphatic carbocycles. The molecule has 0 aliphatic heterocycles. The Hall–Kier alpha value is -1.51. The third kappa shape index (κ3) is 1.03. The van der Waals surface area contributed by atoms with Gasteiger partial charge < -0.3 is 5.43 Å². The molecule has 1 aromatic heterocycles. The Morgan fingerprint density at radius 1 is 1.25 bits per heavy atom. The van der Waals surface area contributed by atoms with E-state index in [1.54, 1.807) is 10.7 Å². The molecule has 0 aliphatic rings. The molecule has 3 heteroatoms. The van der Waals surface area contributed by atoms with E-state index in [4.69, 9.17) is 0 Å². The first-order chi connectivity index (χ1) is 5.79. The fourth-order valence-electron chi connectivity index (χ4n) is 1.24.